The Morgan fingerprint density at radius 3 is 2.78 bits per heavy atom. The topological polar surface area (TPSA) is 55.2 Å². The van der Waals surface area contributed by atoms with Gasteiger partial charge >= 0.3 is 0 Å². The van der Waals surface area contributed by atoms with E-state index in [2.05, 4.69) is 5.16 Å². The van der Waals surface area contributed by atoms with E-state index in [0.29, 0.717) is 23.3 Å². The Labute approximate surface area is 103 Å². The molecule has 0 spiro atoms. The Morgan fingerprint density at radius 1 is 1.11 bits per heavy atom. The molecule has 0 unspecified atom stereocenters. The molecular formula is C14H11NO3. The summed E-state index contributed by atoms with van der Waals surface area (Å²) in [6.45, 7) is 0.487. The summed E-state index contributed by atoms with van der Waals surface area (Å²) in [7, 11) is 0. The van der Waals surface area contributed by atoms with Gasteiger partial charge in [0.15, 0.2) is 5.58 Å². The number of aromatic nitrogens is 1. The van der Waals surface area contributed by atoms with Crippen molar-refractivity contribution >= 4 is 11.0 Å². The van der Waals surface area contributed by atoms with E-state index in [-0.39, 0.29) is 5.56 Å². The maximum Gasteiger partial charge on any atom is 0.287 e. The predicted octanol–water partition coefficient (Wildman–Crippen LogP) is 2.70. The smallest absolute Gasteiger partial charge is 0.287 e. The van der Waals surface area contributed by atoms with Crippen LogP contribution in [0.15, 0.2) is 57.8 Å². The summed E-state index contributed by atoms with van der Waals surface area (Å²) in [4.78, 5) is 11.3. The monoisotopic (exact) mass is 241 g/mol. The number of H-pyrrole nitrogens is 1. The van der Waals surface area contributed by atoms with Crippen LogP contribution in [0.1, 0.15) is 5.56 Å². The van der Waals surface area contributed by atoms with Crippen molar-refractivity contribution in [3.8, 4) is 5.75 Å². The number of aromatic amines is 1. The normalized spacial score (nSPS) is 10.7. The summed E-state index contributed by atoms with van der Waals surface area (Å²) in [6.07, 6.45) is 0. The molecule has 1 aromatic heterocycles. The zero-order valence-corrected chi connectivity index (χ0v) is 9.55. The molecule has 4 nitrogen and oxygen atoms in total. The highest BCUT2D eigenvalue weighted by atomic mass is 16.5. The lowest BCUT2D eigenvalue weighted by Crippen LogP contribution is -1.97. The highest BCUT2D eigenvalue weighted by Gasteiger charge is 2.04. The third-order valence-corrected chi connectivity index (χ3v) is 2.70. The zero-order chi connectivity index (χ0) is 12.4. The van der Waals surface area contributed by atoms with Crippen LogP contribution in [0, 0.1) is 0 Å². The molecule has 3 rings (SSSR count). The Kier molecular flexibility index (Phi) is 2.61. The maximum atomic E-state index is 11.3. The van der Waals surface area contributed by atoms with Gasteiger partial charge in [0.1, 0.15) is 12.4 Å². The fourth-order valence-electron chi connectivity index (χ4n) is 1.76. The fourth-order valence-corrected chi connectivity index (χ4v) is 1.76. The largest absolute Gasteiger partial charge is 0.489 e. The van der Waals surface area contributed by atoms with Crippen molar-refractivity contribution < 1.29 is 9.26 Å². The molecule has 2 aromatic carbocycles. The molecular weight excluding hydrogens is 230 g/mol. The van der Waals surface area contributed by atoms with Crippen LogP contribution in [-0.2, 0) is 6.61 Å². The lowest BCUT2D eigenvalue weighted by Gasteiger charge is -2.05. The zero-order valence-electron chi connectivity index (χ0n) is 9.55. The number of ether oxygens (including phenoxy) is 1. The van der Waals surface area contributed by atoms with Crippen LogP contribution in [0.4, 0.5) is 0 Å². The third-order valence-electron chi connectivity index (χ3n) is 2.70. The molecule has 1 N–H and O–H groups in total. The molecule has 0 bridgehead atoms. The number of fused-ring (bicyclic) bond motifs is 1. The number of rotatable bonds is 3. The van der Waals surface area contributed by atoms with Gasteiger partial charge in [-0.25, -0.2) is 0 Å². The highest BCUT2D eigenvalue weighted by molar-refractivity contribution is 5.77. The molecule has 0 atom stereocenters. The van der Waals surface area contributed by atoms with E-state index in [0.717, 1.165) is 5.56 Å². The van der Waals surface area contributed by atoms with Crippen LogP contribution in [0.25, 0.3) is 11.0 Å². The van der Waals surface area contributed by atoms with E-state index in [1.807, 2.05) is 30.3 Å². The first-order valence-electron chi connectivity index (χ1n) is 5.61. The van der Waals surface area contributed by atoms with Crippen LogP contribution in [0.3, 0.4) is 0 Å². The Morgan fingerprint density at radius 2 is 1.94 bits per heavy atom. The molecule has 1 heterocycles. The maximum absolute atomic E-state index is 11.3. The van der Waals surface area contributed by atoms with Crippen molar-refractivity contribution in [2.24, 2.45) is 0 Å². The average Bonchev–Trinajstić information content (AvgIpc) is 2.79. The van der Waals surface area contributed by atoms with E-state index in [1.165, 1.54) is 0 Å². The van der Waals surface area contributed by atoms with Crippen molar-refractivity contribution in [3.63, 3.8) is 0 Å². The third kappa shape index (κ3) is 2.00. The van der Waals surface area contributed by atoms with E-state index >= 15 is 0 Å². The molecule has 0 aliphatic heterocycles. The number of hydrogen-bond donors (Lipinski definition) is 1. The van der Waals surface area contributed by atoms with Gasteiger partial charge in [0.05, 0.1) is 5.39 Å². The summed E-state index contributed by atoms with van der Waals surface area (Å²) in [5.74, 6) is 0.675. The minimum Gasteiger partial charge on any atom is -0.489 e. The fraction of sp³-hybridized carbons (Fsp3) is 0.0714. The SMILES string of the molecule is O=c1[nH]oc2cc(OCc3ccccc3)ccc12. The second-order valence-corrected chi connectivity index (χ2v) is 3.97. The molecule has 0 amide bonds. The molecule has 3 aromatic rings. The predicted molar refractivity (Wildman–Crippen MR) is 67.6 cm³/mol. The average molecular weight is 241 g/mol. The van der Waals surface area contributed by atoms with Crippen molar-refractivity contribution in [2.45, 2.75) is 6.61 Å². The summed E-state index contributed by atoms with van der Waals surface area (Å²) < 4.78 is 10.7. The first-order valence-corrected chi connectivity index (χ1v) is 5.61. The van der Waals surface area contributed by atoms with Crippen LogP contribution < -0.4 is 10.3 Å². The van der Waals surface area contributed by atoms with Crippen molar-refractivity contribution in [1.82, 2.24) is 5.16 Å². The quantitative estimate of drug-likeness (QED) is 0.767. The van der Waals surface area contributed by atoms with Crippen molar-refractivity contribution in [3.05, 3.63) is 64.4 Å². The van der Waals surface area contributed by atoms with Crippen LogP contribution in [0.5, 0.6) is 5.75 Å². The molecule has 18 heavy (non-hydrogen) atoms. The second-order valence-electron chi connectivity index (χ2n) is 3.97. The molecule has 4 heteroatoms. The number of nitrogens with one attached hydrogen (secondary N) is 1. The minimum atomic E-state index is -0.223. The van der Waals surface area contributed by atoms with E-state index in [4.69, 9.17) is 9.26 Å². The number of benzene rings is 2. The van der Waals surface area contributed by atoms with E-state index in [1.54, 1.807) is 18.2 Å². The molecule has 90 valence electrons. The highest BCUT2D eigenvalue weighted by Crippen LogP contribution is 2.19. The molecule has 0 fully saturated rings. The van der Waals surface area contributed by atoms with Gasteiger partial charge in [0.2, 0.25) is 0 Å². The van der Waals surface area contributed by atoms with Crippen LogP contribution in [0.2, 0.25) is 0 Å². The second kappa shape index (κ2) is 4.41. The van der Waals surface area contributed by atoms with Gasteiger partial charge in [0.25, 0.3) is 5.56 Å². The molecule has 0 saturated carbocycles. The van der Waals surface area contributed by atoms with Gasteiger partial charge in [-0.2, -0.15) is 5.16 Å². The van der Waals surface area contributed by atoms with E-state index < -0.39 is 0 Å². The van der Waals surface area contributed by atoms with Gasteiger partial charge in [-0.05, 0) is 17.7 Å². The van der Waals surface area contributed by atoms with E-state index in [9.17, 15) is 4.79 Å². The summed E-state index contributed by atoms with van der Waals surface area (Å²) in [5, 5.41) is 2.82. The van der Waals surface area contributed by atoms with Crippen molar-refractivity contribution in [2.75, 3.05) is 0 Å². The minimum absolute atomic E-state index is 0.223. The molecule has 0 aliphatic rings. The van der Waals surface area contributed by atoms with Gasteiger partial charge in [-0.15, -0.1) is 0 Å². The summed E-state index contributed by atoms with van der Waals surface area (Å²) >= 11 is 0. The summed E-state index contributed by atoms with van der Waals surface area (Å²) in [5.41, 5.74) is 1.37. The first-order chi connectivity index (χ1) is 8.83. The standard InChI is InChI=1S/C14H11NO3/c16-14-12-7-6-11(8-13(12)18-15-14)17-9-10-4-2-1-3-5-10/h1-8H,9H2,(H,15,16). The van der Waals surface area contributed by atoms with Gasteiger partial charge in [-0.3, -0.25) is 4.79 Å². The molecule has 0 aliphatic carbocycles. The summed E-state index contributed by atoms with van der Waals surface area (Å²) in [6, 6.07) is 15.0. The van der Waals surface area contributed by atoms with Crippen LogP contribution >= 0.6 is 0 Å². The molecule has 0 saturated heterocycles. The van der Waals surface area contributed by atoms with Gasteiger partial charge < -0.3 is 9.26 Å². The Balaban J connectivity index is 1.81. The number of hydrogen-bond acceptors (Lipinski definition) is 3. The Hall–Kier alpha value is -2.49. The lowest BCUT2D eigenvalue weighted by molar-refractivity contribution is 0.306. The van der Waals surface area contributed by atoms with Crippen LogP contribution in [-0.4, -0.2) is 5.16 Å². The Bertz CT molecular complexity index is 712. The van der Waals surface area contributed by atoms with Crippen molar-refractivity contribution in [1.29, 1.82) is 0 Å². The lowest BCUT2D eigenvalue weighted by atomic mass is 10.2. The first kappa shape index (κ1) is 10.7. The van der Waals surface area contributed by atoms with Gasteiger partial charge in [0, 0.05) is 6.07 Å². The molecule has 0 radical (unpaired) electrons. The van der Waals surface area contributed by atoms with Gasteiger partial charge in [-0.1, -0.05) is 30.3 Å².